The number of nitrogens with one attached hydrogen (secondary N) is 1. The number of rotatable bonds is 6. The van der Waals surface area contributed by atoms with Gasteiger partial charge >= 0.3 is 0 Å². The molecule has 16 heavy (non-hydrogen) atoms. The highest BCUT2D eigenvalue weighted by Crippen LogP contribution is 2.24. The Bertz CT molecular complexity index is 323. The Balaban J connectivity index is 0.00000225. The highest BCUT2D eigenvalue weighted by Gasteiger charge is 2.12. The van der Waals surface area contributed by atoms with Crippen LogP contribution in [0.3, 0.4) is 0 Å². The van der Waals surface area contributed by atoms with Crippen LogP contribution in [0.5, 0.6) is 0 Å². The minimum Gasteiger partial charge on any atom is -0.466 e. The molecule has 0 spiro atoms. The van der Waals surface area contributed by atoms with Crippen molar-refractivity contribution in [1.82, 2.24) is 9.97 Å². The van der Waals surface area contributed by atoms with Crippen LogP contribution in [-0.2, 0) is 9.53 Å². The number of hydrogen-bond acceptors (Lipinski definition) is 6. The fourth-order valence-electron chi connectivity index (χ4n) is 1.12. The number of hydrogen-bond donors (Lipinski definition) is 2. The predicted molar refractivity (Wildman–Crippen MR) is 66.7 cm³/mol. The van der Waals surface area contributed by atoms with Crippen molar-refractivity contribution >= 4 is 24.9 Å². The molecule has 5 nitrogen and oxygen atoms in total. The Morgan fingerprint density at radius 1 is 1.69 bits per heavy atom. The monoisotopic (exact) mass is 243 g/mol. The summed E-state index contributed by atoms with van der Waals surface area (Å²) in [6, 6.07) is 0. The lowest BCUT2D eigenvalue weighted by Gasteiger charge is -2.13. The Kier molecular flexibility index (Phi) is 7.28. The Morgan fingerprint density at radius 2 is 2.44 bits per heavy atom. The van der Waals surface area contributed by atoms with Gasteiger partial charge in [0, 0.05) is 18.3 Å². The molecule has 1 heterocycles. The fraction of sp³-hybridized carbons (Fsp3) is 0.500. The van der Waals surface area contributed by atoms with E-state index in [1.807, 2.05) is 6.92 Å². The van der Waals surface area contributed by atoms with Crippen LogP contribution in [0.1, 0.15) is 25.2 Å². The van der Waals surface area contributed by atoms with Crippen LogP contribution in [0.2, 0.25) is 0 Å². The summed E-state index contributed by atoms with van der Waals surface area (Å²) in [5.41, 5.74) is 0.824. The van der Waals surface area contributed by atoms with Crippen molar-refractivity contribution in [2.45, 2.75) is 19.6 Å². The van der Waals surface area contributed by atoms with Gasteiger partial charge in [-0.15, -0.1) is 0 Å². The lowest BCUT2D eigenvalue weighted by molar-refractivity contribution is -0.128. The van der Waals surface area contributed by atoms with Crippen LogP contribution in [0.4, 0.5) is 5.82 Å². The van der Waals surface area contributed by atoms with E-state index in [2.05, 4.69) is 32.7 Å². The summed E-state index contributed by atoms with van der Waals surface area (Å²) in [6.45, 7) is 3.35. The average molecular weight is 243 g/mol. The topological polar surface area (TPSA) is 64.1 Å². The molecule has 0 radical (unpaired) electrons. The van der Waals surface area contributed by atoms with E-state index >= 15 is 0 Å². The van der Waals surface area contributed by atoms with E-state index < -0.39 is 0 Å². The molecule has 0 aliphatic carbocycles. The number of aromatic nitrogens is 2. The van der Waals surface area contributed by atoms with Crippen molar-refractivity contribution in [2.24, 2.45) is 0 Å². The molecule has 1 atom stereocenters. The van der Waals surface area contributed by atoms with Gasteiger partial charge in [0.05, 0.1) is 5.25 Å². The number of ether oxygens (including phenoxy) is 1. The van der Waals surface area contributed by atoms with Crippen molar-refractivity contribution in [3.63, 3.8) is 0 Å². The molecule has 0 bridgehead atoms. The highest BCUT2D eigenvalue weighted by molar-refractivity contribution is 7.80. The second-order valence-corrected chi connectivity index (χ2v) is 3.43. The van der Waals surface area contributed by atoms with E-state index in [1.54, 1.807) is 6.20 Å². The second-order valence-electron chi connectivity index (χ2n) is 2.80. The summed E-state index contributed by atoms with van der Waals surface area (Å²) in [5, 5.41) is 2.87. The Labute approximate surface area is 101 Å². The first-order valence-corrected chi connectivity index (χ1v) is 5.08. The van der Waals surface area contributed by atoms with E-state index in [9.17, 15) is 4.79 Å². The van der Waals surface area contributed by atoms with E-state index in [-0.39, 0.29) is 19.3 Å². The zero-order chi connectivity index (χ0) is 11.1. The van der Waals surface area contributed by atoms with Crippen molar-refractivity contribution in [1.29, 1.82) is 0 Å². The smallest absolute Gasteiger partial charge is 0.293 e. The molecule has 1 N–H and O–H groups in total. The van der Waals surface area contributed by atoms with E-state index in [0.717, 1.165) is 17.9 Å². The third-order valence-corrected chi connectivity index (χ3v) is 2.19. The molecule has 1 unspecified atom stereocenters. The molecular formula is C10H17N3O2S. The van der Waals surface area contributed by atoms with Gasteiger partial charge in [0.2, 0.25) is 0 Å². The lowest BCUT2D eigenvalue weighted by Crippen LogP contribution is -2.08. The van der Waals surface area contributed by atoms with Gasteiger partial charge in [0.15, 0.2) is 0 Å². The predicted octanol–water partition coefficient (Wildman–Crippen LogP) is 1.69. The number of nitrogens with zero attached hydrogens (tertiary/aromatic N) is 2. The van der Waals surface area contributed by atoms with Crippen LogP contribution in [0, 0.1) is 0 Å². The number of carbonyl (C=O) groups excluding carboxylic acids is 1. The summed E-state index contributed by atoms with van der Waals surface area (Å²) in [5.74, 6) is 0.724. The van der Waals surface area contributed by atoms with E-state index in [4.69, 9.17) is 0 Å². The third kappa shape index (κ3) is 4.06. The van der Waals surface area contributed by atoms with Gasteiger partial charge in [-0.3, -0.25) is 4.79 Å². The summed E-state index contributed by atoms with van der Waals surface area (Å²) in [6.07, 6.45) is 3.12. The fourth-order valence-corrected chi connectivity index (χ4v) is 1.39. The molecule has 90 valence electrons. The van der Waals surface area contributed by atoms with Crippen LogP contribution >= 0.6 is 12.6 Å². The normalized spacial score (nSPS) is 11.1. The van der Waals surface area contributed by atoms with Gasteiger partial charge in [0.1, 0.15) is 18.8 Å². The van der Waals surface area contributed by atoms with Gasteiger partial charge in [-0.25, -0.2) is 9.97 Å². The number of carbonyl (C=O) groups is 1. The molecule has 1 aromatic rings. The van der Waals surface area contributed by atoms with Gasteiger partial charge in [0.25, 0.3) is 6.47 Å². The minimum atomic E-state index is -0.217. The third-order valence-electron chi connectivity index (χ3n) is 1.77. The van der Waals surface area contributed by atoms with E-state index in [1.165, 1.54) is 6.33 Å². The second kappa shape index (κ2) is 7.92. The van der Waals surface area contributed by atoms with Crippen LogP contribution in [0.15, 0.2) is 12.5 Å². The largest absolute Gasteiger partial charge is 0.466 e. The number of anilines is 1. The first-order chi connectivity index (χ1) is 7.29. The molecule has 1 rings (SSSR count). The van der Waals surface area contributed by atoms with Gasteiger partial charge in [-0.2, -0.15) is 12.6 Å². The number of thiol groups is 1. The van der Waals surface area contributed by atoms with Crippen LogP contribution in [0.25, 0.3) is 0 Å². The molecule has 1 aromatic heterocycles. The maximum absolute atomic E-state index is 10.0. The minimum absolute atomic E-state index is 0. The SMILES string of the molecule is C.CCNc1ncncc1C(S)COC=O. The first-order valence-electron chi connectivity index (χ1n) is 4.56. The van der Waals surface area contributed by atoms with Gasteiger partial charge < -0.3 is 10.1 Å². The molecular weight excluding hydrogens is 226 g/mol. The maximum atomic E-state index is 10.0. The Hall–Kier alpha value is -1.30. The standard InChI is InChI=1S/C9H13N3O2S.CH4/c1-2-11-9-7(3-10-5-12-9)8(15)4-14-6-13;/h3,5-6,8,15H,2,4H2,1H3,(H,10,11,12);1H4. The first kappa shape index (κ1) is 14.7. The summed E-state index contributed by atoms with van der Waals surface area (Å²) in [7, 11) is 0. The summed E-state index contributed by atoms with van der Waals surface area (Å²) < 4.78 is 4.64. The van der Waals surface area contributed by atoms with Crippen molar-refractivity contribution in [2.75, 3.05) is 18.5 Å². The van der Waals surface area contributed by atoms with Gasteiger partial charge in [-0.1, -0.05) is 7.43 Å². The van der Waals surface area contributed by atoms with Crippen molar-refractivity contribution < 1.29 is 9.53 Å². The van der Waals surface area contributed by atoms with Crippen LogP contribution < -0.4 is 5.32 Å². The van der Waals surface area contributed by atoms with Gasteiger partial charge in [-0.05, 0) is 6.92 Å². The lowest BCUT2D eigenvalue weighted by atomic mass is 10.2. The van der Waals surface area contributed by atoms with Crippen molar-refractivity contribution in [3.05, 3.63) is 18.1 Å². The molecule has 0 saturated carbocycles. The quantitative estimate of drug-likeness (QED) is 0.588. The molecule has 0 fully saturated rings. The highest BCUT2D eigenvalue weighted by atomic mass is 32.1. The van der Waals surface area contributed by atoms with E-state index in [0.29, 0.717) is 6.47 Å². The summed E-state index contributed by atoms with van der Waals surface area (Å²) in [4.78, 5) is 18.0. The maximum Gasteiger partial charge on any atom is 0.293 e. The molecule has 0 aliphatic heterocycles. The average Bonchev–Trinajstić information content (AvgIpc) is 2.27. The molecule has 0 saturated heterocycles. The zero-order valence-electron chi connectivity index (χ0n) is 8.38. The molecule has 0 aliphatic rings. The molecule has 6 heteroatoms. The molecule has 0 amide bonds. The molecule has 0 aromatic carbocycles. The zero-order valence-corrected chi connectivity index (χ0v) is 9.28. The summed E-state index contributed by atoms with van der Waals surface area (Å²) >= 11 is 4.31. The Morgan fingerprint density at radius 3 is 3.06 bits per heavy atom. The van der Waals surface area contributed by atoms with Crippen molar-refractivity contribution in [3.8, 4) is 0 Å². The van der Waals surface area contributed by atoms with Crippen LogP contribution in [-0.4, -0.2) is 29.6 Å².